The van der Waals surface area contributed by atoms with Crippen LogP contribution in [0.2, 0.25) is 5.02 Å². The van der Waals surface area contributed by atoms with Crippen LogP contribution in [0.5, 0.6) is 11.5 Å². The number of rotatable bonds is 4. The second kappa shape index (κ2) is 5.93. The fraction of sp³-hybridized carbons (Fsp3) is 0.417. The fourth-order valence-corrected chi connectivity index (χ4v) is 1.94. The molecule has 0 spiro atoms. The van der Waals surface area contributed by atoms with E-state index in [1.807, 2.05) is 6.07 Å². The standard InChI is InChI=1S/C12H14ClNO4/c1-16-7-11(15)14-6-8-4-9(13)12-10(5-8)17-2-3-18-12/h4-5H,2-3,6-7H2,1H3,(H,14,15). The summed E-state index contributed by atoms with van der Waals surface area (Å²) in [5, 5.41) is 3.20. The van der Waals surface area contributed by atoms with Gasteiger partial charge in [0.25, 0.3) is 0 Å². The Balaban J connectivity index is 2.05. The zero-order valence-electron chi connectivity index (χ0n) is 9.99. The maximum Gasteiger partial charge on any atom is 0.246 e. The van der Waals surface area contributed by atoms with Crippen molar-refractivity contribution < 1.29 is 19.0 Å². The van der Waals surface area contributed by atoms with E-state index in [-0.39, 0.29) is 12.5 Å². The SMILES string of the molecule is COCC(=O)NCc1cc(Cl)c2c(c1)OCCO2. The molecule has 1 N–H and O–H groups in total. The number of nitrogens with one attached hydrogen (secondary N) is 1. The summed E-state index contributed by atoms with van der Waals surface area (Å²) in [4.78, 5) is 11.3. The number of hydrogen-bond donors (Lipinski definition) is 1. The van der Waals surface area contributed by atoms with Crippen molar-refractivity contribution in [3.05, 3.63) is 22.7 Å². The molecule has 0 fully saturated rings. The Morgan fingerprint density at radius 2 is 2.22 bits per heavy atom. The zero-order valence-corrected chi connectivity index (χ0v) is 10.8. The topological polar surface area (TPSA) is 56.8 Å². The van der Waals surface area contributed by atoms with E-state index >= 15 is 0 Å². The molecule has 5 nitrogen and oxygen atoms in total. The molecule has 98 valence electrons. The molecule has 1 aliphatic rings. The largest absolute Gasteiger partial charge is 0.486 e. The van der Waals surface area contributed by atoms with E-state index in [2.05, 4.69) is 5.32 Å². The lowest BCUT2D eigenvalue weighted by molar-refractivity contribution is -0.124. The van der Waals surface area contributed by atoms with Crippen LogP contribution < -0.4 is 14.8 Å². The van der Waals surface area contributed by atoms with Crippen molar-refractivity contribution in [1.29, 1.82) is 0 Å². The third kappa shape index (κ3) is 3.05. The number of methoxy groups -OCH3 is 1. The van der Waals surface area contributed by atoms with Crippen LogP contribution in [0, 0.1) is 0 Å². The first-order valence-corrected chi connectivity index (χ1v) is 5.92. The van der Waals surface area contributed by atoms with Gasteiger partial charge in [0.2, 0.25) is 5.91 Å². The second-order valence-corrected chi connectivity index (χ2v) is 4.22. The van der Waals surface area contributed by atoms with Gasteiger partial charge in [-0.1, -0.05) is 11.6 Å². The molecule has 0 saturated carbocycles. The Kier molecular flexibility index (Phi) is 4.28. The van der Waals surface area contributed by atoms with Gasteiger partial charge in [0.15, 0.2) is 11.5 Å². The van der Waals surface area contributed by atoms with Gasteiger partial charge < -0.3 is 19.5 Å². The van der Waals surface area contributed by atoms with Gasteiger partial charge in [0.1, 0.15) is 19.8 Å². The van der Waals surface area contributed by atoms with Crippen LogP contribution in [0.1, 0.15) is 5.56 Å². The predicted octanol–water partition coefficient (Wildman–Crippen LogP) is 1.37. The average Bonchev–Trinajstić information content (AvgIpc) is 2.37. The van der Waals surface area contributed by atoms with Crippen LogP contribution in [0.4, 0.5) is 0 Å². The first-order chi connectivity index (χ1) is 8.70. The monoisotopic (exact) mass is 271 g/mol. The van der Waals surface area contributed by atoms with Gasteiger partial charge >= 0.3 is 0 Å². The Labute approximate surface area is 110 Å². The van der Waals surface area contributed by atoms with Crippen LogP contribution in [-0.2, 0) is 16.1 Å². The van der Waals surface area contributed by atoms with E-state index in [1.165, 1.54) is 7.11 Å². The molecule has 0 atom stereocenters. The number of ether oxygens (including phenoxy) is 3. The van der Waals surface area contributed by atoms with Gasteiger partial charge in [-0.3, -0.25) is 4.79 Å². The molecule has 0 aromatic heterocycles. The lowest BCUT2D eigenvalue weighted by Crippen LogP contribution is -2.26. The van der Waals surface area contributed by atoms with Crippen molar-refractivity contribution in [2.24, 2.45) is 0 Å². The van der Waals surface area contributed by atoms with Gasteiger partial charge in [-0.05, 0) is 17.7 Å². The van der Waals surface area contributed by atoms with Gasteiger partial charge in [0, 0.05) is 13.7 Å². The van der Waals surface area contributed by atoms with E-state index in [0.29, 0.717) is 36.3 Å². The van der Waals surface area contributed by atoms with Crippen molar-refractivity contribution in [2.45, 2.75) is 6.54 Å². The first kappa shape index (κ1) is 13.0. The molecule has 1 amide bonds. The van der Waals surface area contributed by atoms with Crippen LogP contribution in [0.25, 0.3) is 0 Å². The number of carbonyl (C=O) groups is 1. The summed E-state index contributed by atoms with van der Waals surface area (Å²) in [6, 6.07) is 3.57. The van der Waals surface area contributed by atoms with Crippen LogP contribution in [0.3, 0.4) is 0 Å². The van der Waals surface area contributed by atoms with Crippen molar-refractivity contribution in [2.75, 3.05) is 26.9 Å². The molecule has 0 radical (unpaired) electrons. The van der Waals surface area contributed by atoms with Crippen molar-refractivity contribution in [3.8, 4) is 11.5 Å². The summed E-state index contributed by atoms with van der Waals surface area (Å²) in [7, 11) is 1.47. The molecular formula is C12H14ClNO4. The maximum atomic E-state index is 11.3. The highest BCUT2D eigenvalue weighted by atomic mass is 35.5. The molecular weight excluding hydrogens is 258 g/mol. The van der Waals surface area contributed by atoms with Gasteiger partial charge in [-0.15, -0.1) is 0 Å². The Hall–Kier alpha value is -1.46. The third-order valence-electron chi connectivity index (χ3n) is 2.42. The lowest BCUT2D eigenvalue weighted by atomic mass is 10.2. The summed E-state index contributed by atoms with van der Waals surface area (Å²) >= 11 is 6.08. The molecule has 0 unspecified atom stereocenters. The summed E-state index contributed by atoms with van der Waals surface area (Å²) in [6.07, 6.45) is 0. The van der Waals surface area contributed by atoms with Crippen LogP contribution in [0.15, 0.2) is 12.1 Å². The molecule has 0 bridgehead atoms. The number of amides is 1. The van der Waals surface area contributed by atoms with Crippen molar-refractivity contribution in [1.82, 2.24) is 5.32 Å². The third-order valence-corrected chi connectivity index (χ3v) is 2.70. The maximum absolute atomic E-state index is 11.3. The number of halogens is 1. The van der Waals surface area contributed by atoms with Gasteiger partial charge in [0.05, 0.1) is 5.02 Å². The van der Waals surface area contributed by atoms with E-state index in [4.69, 9.17) is 25.8 Å². The molecule has 1 aliphatic heterocycles. The highest BCUT2D eigenvalue weighted by Crippen LogP contribution is 2.38. The van der Waals surface area contributed by atoms with Crippen molar-refractivity contribution >= 4 is 17.5 Å². The first-order valence-electron chi connectivity index (χ1n) is 5.54. The Morgan fingerprint density at radius 3 is 3.00 bits per heavy atom. The Morgan fingerprint density at radius 1 is 1.44 bits per heavy atom. The summed E-state index contributed by atoms with van der Waals surface area (Å²) in [6.45, 7) is 1.41. The van der Waals surface area contributed by atoms with E-state index in [0.717, 1.165) is 5.56 Å². The second-order valence-electron chi connectivity index (χ2n) is 3.81. The smallest absolute Gasteiger partial charge is 0.246 e. The van der Waals surface area contributed by atoms with Gasteiger partial charge in [-0.2, -0.15) is 0 Å². The number of fused-ring (bicyclic) bond motifs is 1. The lowest BCUT2D eigenvalue weighted by Gasteiger charge is -2.20. The summed E-state index contributed by atoms with van der Waals surface area (Å²) in [5.41, 5.74) is 0.855. The molecule has 0 aliphatic carbocycles. The minimum atomic E-state index is -0.177. The molecule has 1 aromatic rings. The highest BCUT2D eigenvalue weighted by Gasteiger charge is 2.16. The molecule has 2 rings (SSSR count). The van der Waals surface area contributed by atoms with Crippen LogP contribution in [-0.4, -0.2) is 32.8 Å². The molecule has 6 heteroatoms. The van der Waals surface area contributed by atoms with Gasteiger partial charge in [-0.25, -0.2) is 0 Å². The van der Waals surface area contributed by atoms with Crippen LogP contribution >= 0.6 is 11.6 Å². The summed E-state index contributed by atoms with van der Waals surface area (Å²) in [5.74, 6) is 1.00. The molecule has 1 heterocycles. The highest BCUT2D eigenvalue weighted by molar-refractivity contribution is 6.32. The molecule has 18 heavy (non-hydrogen) atoms. The Bertz CT molecular complexity index is 450. The number of carbonyl (C=O) groups excluding carboxylic acids is 1. The number of hydrogen-bond acceptors (Lipinski definition) is 4. The van der Waals surface area contributed by atoms with E-state index in [1.54, 1.807) is 6.07 Å². The minimum absolute atomic E-state index is 0.0400. The number of benzene rings is 1. The van der Waals surface area contributed by atoms with E-state index < -0.39 is 0 Å². The normalized spacial score (nSPS) is 13.2. The van der Waals surface area contributed by atoms with E-state index in [9.17, 15) is 4.79 Å². The fourth-order valence-electron chi connectivity index (χ4n) is 1.65. The summed E-state index contributed by atoms with van der Waals surface area (Å²) < 4.78 is 15.6. The molecule has 0 saturated heterocycles. The average molecular weight is 272 g/mol. The molecule has 1 aromatic carbocycles. The zero-order chi connectivity index (χ0) is 13.0. The predicted molar refractivity (Wildman–Crippen MR) is 66.2 cm³/mol. The minimum Gasteiger partial charge on any atom is -0.486 e. The van der Waals surface area contributed by atoms with Crippen molar-refractivity contribution in [3.63, 3.8) is 0 Å². The quantitative estimate of drug-likeness (QED) is 0.899.